The molecule has 3 N–H and O–H groups in total. The van der Waals surface area contributed by atoms with Crippen LogP contribution in [-0.4, -0.2) is 23.2 Å². The van der Waals surface area contributed by atoms with Crippen LogP contribution >= 0.6 is 0 Å². The molecule has 1 aromatic heterocycles. The molecule has 0 unspecified atom stereocenters. The zero-order valence-electron chi connectivity index (χ0n) is 8.18. The van der Waals surface area contributed by atoms with E-state index in [4.69, 9.17) is 10.5 Å². The molecule has 0 saturated carbocycles. The average Bonchev–Trinajstić information content (AvgIpc) is 2.26. The van der Waals surface area contributed by atoms with Gasteiger partial charge in [-0.1, -0.05) is 6.07 Å². The van der Waals surface area contributed by atoms with Gasteiger partial charge in [0.2, 0.25) is 5.88 Å². The number of benzene rings is 1. The van der Waals surface area contributed by atoms with Crippen molar-refractivity contribution in [1.29, 1.82) is 0 Å². The highest BCUT2D eigenvalue weighted by molar-refractivity contribution is 5.87. The first-order chi connectivity index (χ1) is 7.31. The van der Waals surface area contributed by atoms with Crippen molar-refractivity contribution < 1.29 is 9.84 Å². The smallest absolute Gasteiger partial charge is 0.221 e. The molecule has 0 saturated heterocycles. The Labute approximate surface area is 87.3 Å². The Balaban J connectivity index is 2.48. The lowest BCUT2D eigenvalue weighted by Gasteiger charge is -2.06. The first-order valence-electron chi connectivity index (χ1n) is 4.72. The van der Waals surface area contributed by atoms with E-state index in [1.807, 2.05) is 12.1 Å². The van der Waals surface area contributed by atoms with E-state index in [1.54, 1.807) is 18.3 Å². The predicted octanol–water partition coefficient (Wildman–Crippen LogP) is 1.28. The molecule has 1 heterocycles. The van der Waals surface area contributed by atoms with Gasteiger partial charge in [-0.3, -0.25) is 0 Å². The van der Waals surface area contributed by atoms with Gasteiger partial charge in [0.15, 0.2) is 0 Å². The second-order valence-electron chi connectivity index (χ2n) is 3.16. The summed E-state index contributed by atoms with van der Waals surface area (Å²) >= 11 is 0. The summed E-state index contributed by atoms with van der Waals surface area (Å²) in [6.07, 6.45) is 1.67. The fourth-order valence-corrected chi connectivity index (χ4v) is 1.40. The van der Waals surface area contributed by atoms with Gasteiger partial charge < -0.3 is 15.6 Å². The highest BCUT2D eigenvalue weighted by Gasteiger charge is 2.03. The number of phenols is 1. The van der Waals surface area contributed by atoms with Crippen LogP contribution in [0.5, 0.6) is 11.6 Å². The predicted molar refractivity (Wildman–Crippen MR) is 58.0 cm³/mol. The SMILES string of the molecule is NCCOc1nccc2ccc(O)cc12. The summed E-state index contributed by atoms with van der Waals surface area (Å²) < 4.78 is 5.38. The van der Waals surface area contributed by atoms with Gasteiger partial charge in [0.25, 0.3) is 0 Å². The summed E-state index contributed by atoms with van der Waals surface area (Å²) in [5.41, 5.74) is 5.35. The van der Waals surface area contributed by atoms with Gasteiger partial charge >= 0.3 is 0 Å². The van der Waals surface area contributed by atoms with E-state index in [1.165, 1.54) is 0 Å². The van der Waals surface area contributed by atoms with E-state index in [9.17, 15) is 5.11 Å². The van der Waals surface area contributed by atoms with Crippen LogP contribution in [0, 0.1) is 0 Å². The summed E-state index contributed by atoms with van der Waals surface area (Å²) in [6.45, 7) is 0.860. The fourth-order valence-electron chi connectivity index (χ4n) is 1.40. The Kier molecular flexibility index (Phi) is 2.69. The van der Waals surface area contributed by atoms with Gasteiger partial charge in [0.05, 0.1) is 0 Å². The standard InChI is InChI=1S/C11H12N2O2/c12-4-6-15-11-10-7-9(14)2-1-8(10)3-5-13-11/h1-3,5,7,14H,4,6,12H2. The van der Waals surface area contributed by atoms with Crippen LogP contribution in [0.15, 0.2) is 30.5 Å². The van der Waals surface area contributed by atoms with Crippen LogP contribution in [0.25, 0.3) is 10.8 Å². The Hall–Kier alpha value is -1.81. The monoisotopic (exact) mass is 204 g/mol. The molecule has 0 spiro atoms. The van der Waals surface area contributed by atoms with Crippen molar-refractivity contribution in [3.05, 3.63) is 30.5 Å². The van der Waals surface area contributed by atoms with E-state index in [-0.39, 0.29) is 5.75 Å². The third kappa shape index (κ3) is 1.99. The van der Waals surface area contributed by atoms with Crippen LogP contribution in [0.1, 0.15) is 0 Å². The summed E-state index contributed by atoms with van der Waals surface area (Å²) in [5.74, 6) is 0.710. The van der Waals surface area contributed by atoms with Crippen molar-refractivity contribution in [2.45, 2.75) is 0 Å². The maximum atomic E-state index is 9.37. The maximum absolute atomic E-state index is 9.37. The molecule has 0 amide bonds. The molecule has 0 radical (unpaired) electrons. The molecule has 0 bridgehead atoms. The van der Waals surface area contributed by atoms with Gasteiger partial charge in [-0.05, 0) is 23.6 Å². The third-order valence-corrected chi connectivity index (χ3v) is 2.07. The normalized spacial score (nSPS) is 10.5. The highest BCUT2D eigenvalue weighted by atomic mass is 16.5. The maximum Gasteiger partial charge on any atom is 0.221 e. The van der Waals surface area contributed by atoms with Gasteiger partial charge in [-0.25, -0.2) is 4.98 Å². The van der Waals surface area contributed by atoms with Crippen LogP contribution in [0.3, 0.4) is 0 Å². The number of hydrogen-bond acceptors (Lipinski definition) is 4. The number of phenolic OH excluding ortho intramolecular Hbond substituents is 1. The van der Waals surface area contributed by atoms with Crippen molar-refractivity contribution in [3.8, 4) is 11.6 Å². The van der Waals surface area contributed by atoms with E-state index in [2.05, 4.69) is 4.98 Å². The lowest BCUT2D eigenvalue weighted by molar-refractivity contribution is 0.320. The Bertz CT molecular complexity index is 471. The Morgan fingerprint density at radius 3 is 3.00 bits per heavy atom. The second kappa shape index (κ2) is 4.14. The zero-order chi connectivity index (χ0) is 10.7. The van der Waals surface area contributed by atoms with E-state index < -0.39 is 0 Å². The summed E-state index contributed by atoms with van der Waals surface area (Å²) in [4.78, 5) is 4.10. The van der Waals surface area contributed by atoms with Crippen LogP contribution < -0.4 is 10.5 Å². The van der Waals surface area contributed by atoms with Gasteiger partial charge in [-0.15, -0.1) is 0 Å². The molecule has 15 heavy (non-hydrogen) atoms. The van der Waals surface area contributed by atoms with Crippen molar-refractivity contribution >= 4 is 10.8 Å². The lowest BCUT2D eigenvalue weighted by atomic mass is 10.1. The van der Waals surface area contributed by atoms with Gasteiger partial charge in [-0.2, -0.15) is 0 Å². The molecule has 2 rings (SSSR count). The molecule has 0 aliphatic rings. The minimum atomic E-state index is 0.202. The van der Waals surface area contributed by atoms with Crippen LogP contribution in [0.2, 0.25) is 0 Å². The van der Waals surface area contributed by atoms with E-state index >= 15 is 0 Å². The first-order valence-corrected chi connectivity index (χ1v) is 4.72. The highest BCUT2D eigenvalue weighted by Crippen LogP contribution is 2.26. The Morgan fingerprint density at radius 1 is 1.33 bits per heavy atom. The quantitative estimate of drug-likeness (QED) is 0.790. The molecule has 0 aliphatic carbocycles. The first kappa shape index (κ1) is 9.73. The van der Waals surface area contributed by atoms with Crippen molar-refractivity contribution in [1.82, 2.24) is 4.98 Å². The molecule has 4 nitrogen and oxygen atoms in total. The van der Waals surface area contributed by atoms with E-state index in [0.29, 0.717) is 19.0 Å². The lowest BCUT2D eigenvalue weighted by Crippen LogP contribution is -2.11. The minimum Gasteiger partial charge on any atom is -0.508 e. The summed E-state index contributed by atoms with van der Waals surface area (Å²) in [6, 6.07) is 6.95. The van der Waals surface area contributed by atoms with Gasteiger partial charge in [0.1, 0.15) is 12.4 Å². The van der Waals surface area contributed by atoms with Gasteiger partial charge in [0, 0.05) is 18.1 Å². The molecule has 0 atom stereocenters. The van der Waals surface area contributed by atoms with Crippen molar-refractivity contribution in [2.75, 3.05) is 13.2 Å². The number of pyridine rings is 1. The number of ether oxygens (including phenoxy) is 1. The molecule has 0 aliphatic heterocycles. The molecule has 0 fully saturated rings. The fraction of sp³-hybridized carbons (Fsp3) is 0.182. The molecule has 78 valence electrons. The Morgan fingerprint density at radius 2 is 2.20 bits per heavy atom. The second-order valence-corrected chi connectivity index (χ2v) is 3.16. The number of aromatic nitrogens is 1. The summed E-state index contributed by atoms with van der Waals surface area (Å²) in [7, 11) is 0. The molecule has 4 heteroatoms. The zero-order valence-corrected chi connectivity index (χ0v) is 8.18. The third-order valence-electron chi connectivity index (χ3n) is 2.07. The van der Waals surface area contributed by atoms with Crippen LogP contribution in [-0.2, 0) is 0 Å². The number of nitrogens with two attached hydrogens (primary N) is 1. The van der Waals surface area contributed by atoms with Crippen molar-refractivity contribution in [2.24, 2.45) is 5.73 Å². The number of fused-ring (bicyclic) bond motifs is 1. The average molecular weight is 204 g/mol. The van der Waals surface area contributed by atoms with E-state index in [0.717, 1.165) is 10.8 Å². The minimum absolute atomic E-state index is 0.202. The number of rotatable bonds is 3. The topological polar surface area (TPSA) is 68.4 Å². The summed E-state index contributed by atoms with van der Waals surface area (Å²) in [5, 5.41) is 11.2. The number of nitrogens with zero attached hydrogens (tertiary/aromatic N) is 1. The molecule has 1 aromatic carbocycles. The molecular formula is C11H12N2O2. The number of aromatic hydroxyl groups is 1. The molecular weight excluding hydrogens is 192 g/mol. The largest absolute Gasteiger partial charge is 0.508 e. The number of hydrogen-bond donors (Lipinski definition) is 2. The van der Waals surface area contributed by atoms with Crippen molar-refractivity contribution in [3.63, 3.8) is 0 Å². The van der Waals surface area contributed by atoms with Crippen LogP contribution in [0.4, 0.5) is 0 Å². The molecule has 2 aromatic rings.